The van der Waals surface area contributed by atoms with E-state index in [9.17, 15) is 0 Å². The zero-order valence-corrected chi connectivity index (χ0v) is 10.2. The van der Waals surface area contributed by atoms with Crippen LogP contribution in [0.25, 0.3) is 0 Å². The largest absolute Gasteiger partial charge is 0.472 e. The van der Waals surface area contributed by atoms with E-state index in [0.717, 1.165) is 12.6 Å². The monoisotopic (exact) mass is 222 g/mol. The van der Waals surface area contributed by atoms with E-state index in [4.69, 9.17) is 10.2 Å². The Hall–Kier alpha value is -0.800. The lowest BCUT2D eigenvalue weighted by atomic mass is 10.1. The van der Waals surface area contributed by atoms with E-state index in [1.165, 1.54) is 18.4 Å². The Balaban J connectivity index is 2.10. The van der Waals surface area contributed by atoms with Crippen LogP contribution in [0.15, 0.2) is 23.0 Å². The van der Waals surface area contributed by atoms with Crippen molar-refractivity contribution in [2.45, 2.75) is 38.8 Å². The molecule has 3 nitrogen and oxygen atoms in total. The van der Waals surface area contributed by atoms with Crippen LogP contribution in [0.3, 0.4) is 0 Å². The highest BCUT2D eigenvalue weighted by atomic mass is 16.3. The van der Waals surface area contributed by atoms with Gasteiger partial charge < -0.3 is 10.2 Å². The molecule has 90 valence electrons. The van der Waals surface area contributed by atoms with Crippen molar-refractivity contribution < 1.29 is 4.42 Å². The van der Waals surface area contributed by atoms with E-state index in [-0.39, 0.29) is 0 Å². The number of hydrogen-bond acceptors (Lipinski definition) is 3. The van der Waals surface area contributed by atoms with Crippen molar-refractivity contribution >= 4 is 0 Å². The van der Waals surface area contributed by atoms with Gasteiger partial charge in [0.2, 0.25) is 0 Å². The van der Waals surface area contributed by atoms with Crippen molar-refractivity contribution in [3.8, 4) is 0 Å². The highest BCUT2D eigenvalue weighted by Crippen LogP contribution is 2.34. The molecule has 3 heteroatoms. The van der Waals surface area contributed by atoms with Gasteiger partial charge in [-0.3, -0.25) is 4.90 Å². The Morgan fingerprint density at radius 3 is 2.69 bits per heavy atom. The van der Waals surface area contributed by atoms with Gasteiger partial charge in [-0.15, -0.1) is 0 Å². The first kappa shape index (κ1) is 11.7. The molecule has 0 aliphatic heterocycles. The Bertz CT molecular complexity index is 304. The lowest BCUT2D eigenvalue weighted by Gasteiger charge is -2.31. The number of furan rings is 1. The SMILES string of the molecule is CC(C)CN(C1CC1)C(CN)c1ccoc1. The topological polar surface area (TPSA) is 42.4 Å². The summed E-state index contributed by atoms with van der Waals surface area (Å²) in [4.78, 5) is 2.55. The molecule has 0 amide bonds. The van der Waals surface area contributed by atoms with Crippen LogP contribution in [0.4, 0.5) is 0 Å². The summed E-state index contributed by atoms with van der Waals surface area (Å²) >= 11 is 0. The second-order valence-electron chi connectivity index (χ2n) is 5.13. The van der Waals surface area contributed by atoms with Gasteiger partial charge in [0.1, 0.15) is 0 Å². The number of hydrogen-bond donors (Lipinski definition) is 1. The molecule has 0 spiro atoms. The molecular formula is C13H22N2O. The van der Waals surface area contributed by atoms with Gasteiger partial charge in [0.15, 0.2) is 0 Å². The van der Waals surface area contributed by atoms with Gasteiger partial charge >= 0.3 is 0 Å². The fraction of sp³-hybridized carbons (Fsp3) is 0.692. The normalized spacial score (nSPS) is 18.3. The molecule has 2 rings (SSSR count). The summed E-state index contributed by atoms with van der Waals surface area (Å²) in [6.45, 7) is 6.32. The molecule has 1 atom stereocenters. The Labute approximate surface area is 97.6 Å². The second-order valence-corrected chi connectivity index (χ2v) is 5.13. The summed E-state index contributed by atoms with van der Waals surface area (Å²) < 4.78 is 5.17. The van der Waals surface area contributed by atoms with Gasteiger partial charge in [0.25, 0.3) is 0 Å². The van der Waals surface area contributed by atoms with E-state index >= 15 is 0 Å². The summed E-state index contributed by atoms with van der Waals surface area (Å²) in [5.41, 5.74) is 7.14. The van der Waals surface area contributed by atoms with Crippen LogP contribution in [0.5, 0.6) is 0 Å². The molecule has 1 saturated carbocycles. The molecule has 16 heavy (non-hydrogen) atoms. The lowest BCUT2D eigenvalue weighted by molar-refractivity contribution is 0.169. The van der Waals surface area contributed by atoms with Gasteiger partial charge in [0.05, 0.1) is 18.6 Å². The molecule has 1 aromatic heterocycles. The molecule has 1 fully saturated rings. The first-order valence-corrected chi connectivity index (χ1v) is 6.20. The molecule has 1 aromatic rings. The zero-order valence-electron chi connectivity index (χ0n) is 10.2. The van der Waals surface area contributed by atoms with E-state index < -0.39 is 0 Å². The molecule has 1 heterocycles. The van der Waals surface area contributed by atoms with Crippen molar-refractivity contribution in [2.24, 2.45) is 11.7 Å². The average Bonchev–Trinajstić information content (AvgIpc) is 2.95. The lowest BCUT2D eigenvalue weighted by Crippen LogP contribution is -2.37. The second kappa shape index (κ2) is 5.02. The number of rotatable bonds is 6. The minimum atomic E-state index is 0.327. The molecular weight excluding hydrogens is 200 g/mol. The molecule has 0 aromatic carbocycles. The maximum absolute atomic E-state index is 5.92. The highest BCUT2D eigenvalue weighted by Gasteiger charge is 2.34. The smallest absolute Gasteiger partial charge is 0.0950 e. The van der Waals surface area contributed by atoms with Crippen molar-refractivity contribution in [1.82, 2.24) is 4.90 Å². The van der Waals surface area contributed by atoms with Crippen molar-refractivity contribution in [3.63, 3.8) is 0 Å². The van der Waals surface area contributed by atoms with Gasteiger partial charge in [-0.25, -0.2) is 0 Å². The van der Waals surface area contributed by atoms with Crippen LogP contribution in [0, 0.1) is 5.92 Å². The molecule has 2 N–H and O–H groups in total. The summed E-state index contributed by atoms with van der Waals surface area (Å²) in [5.74, 6) is 0.682. The van der Waals surface area contributed by atoms with E-state index in [1.54, 1.807) is 6.26 Å². The quantitative estimate of drug-likeness (QED) is 0.803. The molecule has 0 radical (unpaired) electrons. The minimum absolute atomic E-state index is 0.327. The number of nitrogens with two attached hydrogens (primary N) is 1. The third kappa shape index (κ3) is 2.66. The predicted octanol–water partition coefficient (Wildman–Crippen LogP) is 2.40. The summed E-state index contributed by atoms with van der Waals surface area (Å²) in [6, 6.07) is 3.10. The minimum Gasteiger partial charge on any atom is -0.472 e. The Kier molecular flexibility index (Phi) is 3.66. The Morgan fingerprint density at radius 2 is 2.25 bits per heavy atom. The van der Waals surface area contributed by atoms with Crippen LogP contribution in [-0.2, 0) is 0 Å². The molecule has 1 unspecified atom stereocenters. The van der Waals surface area contributed by atoms with Gasteiger partial charge in [-0.1, -0.05) is 13.8 Å². The molecule has 1 aliphatic carbocycles. The fourth-order valence-electron chi connectivity index (χ4n) is 2.29. The standard InChI is InChI=1S/C13H22N2O/c1-10(2)8-15(12-3-4-12)13(7-14)11-5-6-16-9-11/h5-6,9-10,12-13H,3-4,7-8,14H2,1-2H3. The van der Waals surface area contributed by atoms with E-state index in [0.29, 0.717) is 18.5 Å². The van der Waals surface area contributed by atoms with E-state index in [2.05, 4.69) is 18.7 Å². The van der Waals surface area contributed by atoms with Crippen LogP contribution in [0.1, 0.15) is 38.3 Å². The first-order valence-electron chi connectivity index (χ1n) is 6.20. The Morgan fingerprint density at radius 1 is 1.50 bits per heavy atom. The maximum Gasteiger partial charge on any atom is 0.0950 e. The highest BCUT2D eigenvalue weighted by molar-refractivity contribution is 5.13. The average molecular weight is 222 g/mol. The zero-order chi connectivity index (χ0) is 11.5. The van der Waals surface area contributed by atoms with Crippen molar-refractivity contribution in [2.75, 3.05) is 13.1 Å². The van der Waals surface area contributed by atoms with Crippen LogP contribution in [-0.4, -0.2) is 24.0 Å². The van der Waals surface area contributed by atoms with Crippen LogP contribution >= 0.6 is 0 Å². The first-order chi connectivity index (χ1) is 7.72. The molecule has 0 bridgehead atoms. The van der Waals surface area contributed by atoms with E-state index in [1.807, 2.05) is 12.3 Å². The van der Waals surface area contributed by atoms with Crippen LogP contribution < -0.4 is 5.73 Å². The van der Waals surface area contributed by atoms with Gasteiger partial charge in [0, 0.05) is 24.7 Å². The van der Waals surface area contributed by atoms with Crippen molar-refractivity contribution in [1.29, 1.82) is 0 Å². The predicted molar refractivity (Wildman–Crippen MR) is 65.1 cm³/mol. The van der Waals surface area contributed by atoms with Crippen molar-refractivity contribution in [3.05, 3.63) is 24.2 Å². The molecule has 1 aliphatic rings. The summed E-state index contributed by atoms with van der Waals surface area (Å²) in [5, 5.41) is 0. The van der Waals surface area contributed by atoms with Gasteiger partial charge in [-0.05, 0) is 24.8 Å². The maximum atomic E-state index is 5.92. The fourth-order valence-corrected chi connectivity index (χ4v) is 2.29. The molecule has 0 saturated heterocycles. The van der Waals surface area contributed by atoms with Gasteiger partial charge in [-0.2, -0.15) is 0 Å². The summed E-state index contributed by atoms with van der Waals surface area (Å²) in [6.07, 6.45) is 6.20. The number of nitrogens with zero attached hydrogens (tertiary/aromatic N) is 1. The third-order valence-corrected chi connectivity index (χ3v) is 3.14. The summed E-state index contributed by atoms with van der Waals surface area (Å²) in [7, 11) is 0. The third-order valence-electron chi connectivity index (χ3n) is 3.14. The van der Waals surface area contributed by atoms with Crippen LogP contribution in [0.2, 0.25) is 0 Å².